The molecule has 0 saturated heterocycles. The fourth-order valence-electron chi connectivity index (χ4n) is 1.75. The predicted octanol–water partition coefficient (Wildman–Crippen LogP) is 2.84. The minimum atomic E-state index is 0.0379. The quantitative estimate of drug-likeness (QED) is 0.767. The van der Waals surface area contributed by atoms with E-state index in [4.69, 9.17) is 11.6 Å². The number of anilines is 1. The molecule has 1 aromatic rings. The second-order valence-electron chi connectivity index (χ2n) is 4.72. The fourth-order valence-corrected chi connectivity index (χ4v) is 1.94. The zero-order valence-corrected chi connectivity index (χ0v) is 12.2. The zero-order valence-electron chi connectivity index (χ0n) is 11.5. The molecule has 0 unspecified atom stereocenters. The van der Waals surface area contributed by atoms with Crippen LogP contribution < -0.4 is 4.90 Å². The number of carbonyl (C=O) groups excluding carboxylic acids is 1. The van der Waals surface area contributed by atoms with Gasteiger partial charge in [-0.3, -0.25) is 4.79 Å². The Labute approximate surface area is 114 Å². The van der Waals surface area contributed by atoms with Crippen LogP contribution in [0.5, 0.6) is 0 Å². The average Bonchev–Trinajstić information content (AvgIpc) is 2.35. The van der Waals surface area contributed by atoms with Crippen molar-refractivity contribution in [1.29, 1.82) is 0 Å². The first-order valence-electron chi connectivity index (χ1n) is 6.11. The lowest BCUT2D eigenvalue weighted by Crippen LogP contribution is -2.38. The van der Waals surface area contributed by atoms with Gasteiger partial charge in [-0.1, -0.05) is 0 Å². The monoisotopic (exact) mass is 268 g/mol. The van der Waals surface area contributed by atoms with E-state index in [-0.39, 0.29) is 11.9 Å². The summed E-state index contributed by atoms with van der Waals surface area (Å²) in [4.78, 5) is 16.1. The average molecular weight is 269 g/mol. The van der Waals surface area contributed by atoms with E-state index in [0.717, 1.165) is 5.69 Å². The third-order valence-electron chi connectivity index (χ3n) is 2.84. The largest absolute Gasteiger partial charge is 0.378 e. The summed E-state index contributed by atoms with van der Waals surface area (Å²) >= 11 is 5.74. The van der Waals surface area contributed by atoms with Crippen molar-refractivity contribution in [3.63, 3.8) is 0 Å². The molecule has 1 aromatic carbocycles. The van der Waals surface area contributed by atoms with Crippen LogP contribution >= 0.6 is 11.6 Å². The molecule has 1 rings (SSSR count). The van der Waals surface area contributed by atoms with Crippen LogP contribution in [0.3, 0.4) is 0 Å². The highest BCUT2D eigenvalue weighted by molar-refractivity contribution is 6.18. The van der Waals surface area contributed by atoms with E-state index in [1.54, 1.807) is 4.90 Å². The Hall–Kier alpha value is -1.22. The van der Waals surface area contributed by atoms with Gasteiger partial charge in [-0.25, -0.2) is 0 Å². The summed E-state index contributed by atoms with van der Waals surface area (Å²) in [6, 6.07) is 7.78. The van der Waals surface area contributed by atoms with Gasteiger partial charge in [0.25, 0.3) is 5.91 Å². The van der Waals surface area contributed by atoms with Crippen molar-refractivity contribution in [2.24, 2.45) is 0 Å². The van der Waals surface area contributed by atoms with Crippen molar-refractivity contribution >= 4 is 23.2 Å². The smallest absolute Gasteiger partial charge is 0.254 e. The van der Waals surface area contributed by atoms with Crippen LogP contribution in [0.2, 0.25) is 0 Å². The molecule has 0 saturated carbocycles. The maximum absolute atomic E-state index is 12.3. The van der Waals surface area contributed by atoms with Gasteiger partial charge >= 0.3 is 0 Å². The highest BCUT2D eigenvalue weighted by atomic mass is 35.5. The molecule has 18 heavy (non-hydrogen) atoms. The van der Waals surface area contributed by atoms with Crippen LogP contribution in [0.1, 0.15) is 24.2 Å². The number of carbonyl (C=O) groups is 1. The van der Waals surface area contributed by atoms with Crippen LogP contribution in [0.4, 0.5) is 5.69 Å². The number of amides is 1. The first-order valence-corrected chi connectivity index (χ1v) is 6.65. The Morgan fingerprint density at radius 1 is 1.22 bits per heavy atom. The van der Waals surface area contributed by atoms with Gasteiger partial charge in [-0.2, -0.15) is 0 Å². The number of hydrogen-bond donors (Lipinski definition) is 0. The zero-order chi connectivity index (χ0) is 13.7. The molecule has 0 radical (unpaired) electrons. The lowest BCUT2D eigenvalue weighted by molar-refractivity contribution is 0.0718. The number of alkyl halides is 1. The number of rotatable bonds is 5. The summed E-state index contributed by atoms with van der Waals surface area (Å²) < 4.78 is 0. The van der Waals surface area contributed by atoms with Crippen LogP contribution in [-0.4, -0.2) is 43.4 Å². The van der Waals surface area contributed by atoms with Gasteiger partial charge in [0.05, 0.1) is 0 Å². The van der Waals surface area contributed by atoms with E-state index >= 15 is 0 Å². The summed E-state index contributed by atoms with van der Waals surface area (Å²) in [6.07, 6.45) is 0. The normalized spacial score (nSPS) is 10.6. The Balaban J connectivity index is 2.88. The van der Waals surface area contributed by atoms with Gasteiger partial charge in [0, 0.05) is 43.8 Å². The summed E-state index contributed by atoms with van der Waals surface area (Å²) in [5, 5.41) is 0. The van der Waals surface area contributed by atoms with Crippen molar-refractivity contribution in [2.45, 2.75) is 19.9 Å². The van der Waals surface area contributed by atoms with Crippen LogP contribution in [-0.2, 0) is 0 Å². The van der Waals surface area contributed by atoms with E-state index in [9.17, 15) is 4.79 Å². The van der Waals surface area contributed by atoms with E-state index < -0.39 is 0 Å². The SMILES string of the molecule is CC(C)N(CCCl)C(=O)c1ccc(N(C)C)cc1. The predicted molar refractivity (Wildman–Crippen MR) is 77.7 cm³/mol. The van der Waals surface area contributed by atoms with Crippen LogP contribution in [0.25, 0.3) is 0 Å². The third kappa shape index (κ3) is 3.64. The number of halogens is 1. The van der Waals surface area contributed by atoms with Crippen molar-refractivity contribution in [1.82, 2.24) is 4.90 Å². The molecule has 0 fully saturated rings. The Morgan fingerprint density at radius 2 is 1.78 bits per heavy atom. The van der Waals surface area contributed by atoms with Gasteiger partial charge in [0.2, 0.25) is 0 Å². The molecular weight excluding hydrogens is 248 g/mol. The van der Waals surface area contributed by atoms with Crippen molar-refractivity contribution in [2.75, 3.05) is 31.4 Å². The standard InChI is InChI=1S/C14H21ClN2O/c1-11(2)17(10-9-15)14(18)12-5-7-13(8-6-12)16(3)4/h5-8,11H,9-10H2,1-4H3. The van der Waals surface area contributed by atoms with Gasteiger partial charge in [0.15, 0.2) is 0 Å². The maximum Gasteiger partial charge on any atom is 0.254 e. The number of benzene rings is 1. The molecule has 0 heterocycles. The molecule has 0 N–H and O–H groups in total. The lowest BCUT2D eigenvalue weighted by atomic mass is 10.1. The molecule has 0 aromatic heterocycles. The van der Waals surface area contributed by atoms with Gasteiger partial charge in [0.1, 0.15) is 0 Å². The maximum atomic E-state index is 12.3. The van der Waals surface area contributed by atoms with Crippen LogP contribution in [0, 0.1) is 0 Å². The topological polar surface area (TPSA) is 23.6 Å². The minimum Gasteiger partial charge on any atom is -0.378 e. The molecule has 0 spiro atoms. The molecule has 0 bridgehead atoms. The molecule has 4 heteroatoms. The highest BCUT2D eigenvalue weighted by Crippen LogP contribution is 2.15. The summed E-state index contributed by atoms with van der Waals surface area (Å²) in [5.74, 6) is 0.496. The van der Waals surface area contributed by atoms with Gasteiger partial charge in [-0.15, -0.1) is 11.6 Å². The lowest BCUT2D eigenvalue weighted by Gasteiger charge is -2.26. The Bertz CT molecular complexity index is 387. The minimum absolute atomic E-state index is 0.0379. The molecule has 100 valence electrons. The van der Waals surface area contributed by atoms with Gasteiger partial charge < -0.3 is 9.80 Å². The number of hydrogen-bond acceptors (Lipinski definition) is 2. The van der Waals surface area contributed by atoms with Crippen molar-refractivity contribution in [3.8, 4) is 0 Å². The van der Waals surface area contributed by atoms with Crippen LogP contribution in [0.15, 0.2) is 24.3 Å². The molecule has 3 nitrogen and oxygen atoms in total. The summed E-state index contributed by atoms with van der Waals surface area (Å²) in [7, 11) is 3.95. The molecule has 0 aliphatic carbocycles. The van der Waals surface area contributed by atoms with Crippen molar-refractivity contribution in [3.05, 3.63) is 29.8 Å². The van der Waals surface area contributed by atoms with E-state index in [2.05, 4.69) is 0 Å². The summed E-state index contributed by atoms with van der Waals surface area (Å²) in [5.41, 5.74) is 1.79. The Morgan fingerprint density at radius 3 is 2.17 bits per heavy atom. The van der Waals surface area contributed by atoms with E-state index in [1.807, 2.05) is 57.1 Å². The molecule has 0 aliphatic heterocycles. The van der Waals surface area contributed by atoms with E-state index in [1.165, 1.54) is 0 Å². The first-order chi connectivity index (χ1) is 8.47. The molecule has 1 amide bonds. The second-order valence-corrected chi connectivity index (χ2v) is 5.10. The second kappa shape index (κ2) is 6.64. The third-order valence-corrected chi connectivity index (χ3v) is 3.01. The molecule has 0 atom stereocenters. The first kappa shape index (κ1) is 14.8. The summed E-state index contributed by atoms with van der Waals surface area (Å²) in [6.45, 7) is 4.57. The molecule has 0 aliphatic rings. The van der Waals surface area contributed by atoms with Gasteiger partial charge in [-0.05, 0) is 38.1 Å². The number of nitrogens with zero attached hydrogens (tertiary/aromatic N) is 2. The van der Waals surface area contributed by atoms with Crippen molar-refractivity contribution < 1.29 is 4.79 Å². The highest BCUT2D eigenvalue weighted by Gasteiger charge is 2.17. The Kier molecular flexibility index (Phi) is 5.48. The van der Waals surface area contributed by atoms with E-state index in [0.29, 0.717) is 18.0 Å². The fraction of sp³-hybridized carbons (Fsp3) is 0.500. The molecular formula is C14H21ClN2O.